The van der Waals surface area contributed by atoms with E-state index in [1.807, 2.05) is 34.9 Å². The number of carbonyl (C=O) groups excluding carboxylic acids is 1. The fraction of sp³-hybridized carbons (Fsp3) is 0.360. The number of para-hydroxylation sites is 1. The highest BCUT2D eigenvalue weighted by molar-refractivity contribution is 7.89. The van der Waals surface area contributed by atoms with E-state index >= 15 is 0 Å². The summed E-state index contributed by atoms with van der Waals surface area (Å²) in [5.41, 5.74) is 1.68. The summed E-state index contributed by atoms with van der Waals surface area (Å²) in [5, 5.41) is 8.37. The van der Waals surface area contributed by atoms with Crippen molar-refractivity contribution in [1.29, 1.82) is 0 Å². The van der Waals surface area contributed by atoms with Gasteiger partial charge in [-0.15, -0.1) is 10.2 Å². The largest absolute Gasteiger partial charge is 0.419 e. The molecule has 1 aliphatic rings. The van der Waals surface area contributed by atoms with Crippen LogP contribution in [0.15, 0.2) is 69.0 Å². The van der Waals surface area contributed by atoms with Gasteiger partial charge in [-0.05, 0) is 43.0 Å². The molecule has 194 valence electrons. The first kappa shape index (κ1) is 24.9. The Morgan fingerprint density at radius 1 is 1.14 bits per heavy atom. The molecule has 0 atom stereocenters. The summed E-state index contributed by atoms with van der Waals surface area (Å²) in [6, 6.07) is 14.2. The molecular weight excluding hydrogens is 496 g/mol. The molecule has 1 aliphatic heterocycles. The molecule has 1 saturated heterocycles. The van der Waals surface area contributed by atoms with Crippen molar-refractivity contribution in [2.45, 2.75) is 24.2 Å². The lowest BCUT2D eigenvalue weighted by Gasteiger charge is -2.32. The van der Waals surface area contributed by atoms with Crippen LogP contribution in [0.3, 0.4) is 0 Å². The molecule has 0 spiro atoms. The Hall–Kier alpha value is -3.77. The van der Waals surface area contributed by atoms with E-state index in [1.54, 1.807) is 18.3 Å². The van der Waals surface area contributed by atoms with Crippen molar-refractivity contribution in [3.63, 3.8) is 0 Å². The normalized spacial score (nSPS) is 15.1. The Balaban J connectivity index is 1.19. The molecule has 4 aromatic rings. The van der Waals surface area contributed by atoms with E-state index in [1.165, 1.54) is 29.8 Å². The van der Waals surface area contributed by atoms with Gasteiger partial charge in [0.2, 0.25) is 15.9 Å². The van der Waals surface area contributed by atoms with Crippen molar-refractivity contribution >= 4 is 27.0 Å². The number of hydrogen-bond acceptors (Lipinski definition) is 7. The van der Waals surface area contributed by atoms with E-state index in [-0.39, 0.29) is 22.9 Å². The molecule has 12 heteroatoms. The molecular formula is C25H28N6O5S. The van der Waals surface area contributed by atoms with Crippen molar-refractivity contribution in [3.8, 4) is 5.69 Å². The first-order valence-corrected chi connectivity index (χ1v) is 13.5. The molecule has 0 saturated carbocycles. The number of aryl methyl sites for hydroxylation is 1. The quantitative estimate of drug-likeness (QED) is 0.361. The van der Waals surface area contributed by atoms with E-state index in [0.29, 0.717) is 24.5 Å². The van der Waals surface area contributed by atoms with Crippen LogP contribution in [0, 0.1) is 5.92 Å². The number of carbonyl (C=O) groups is 1. The summed E-state index contributed by atoms with van der Waals surface area (Å²) in [5.74, 6) is 0.415. The van der Waals surface area contributed by atoms with Gasteiger partial charge in [-0.1, -0.05) is 18.2 Å². The molecule has 2 aromatic carbocycles. The van der Waals surface area contributed by atoms with Gasteiger partial charge in [0.05, 0.1) is 17.0 Å². The van der Waals surface area contributed by atoms with Crippen LogP contribution in [-0.2, 0) is 28.3 Å². The van der Waals surface area contributed by atoms with Gasteiger partial charge in [0, 0.05) is 45.4 Å². The number of rotatable bonds is 7. The number of likely N-dealkylation sites (tertiary alicyclic amines) is 1. The number of benzene rings is 2. The van der Waals surface area contributed by atoms with Crippen LogP contribution in [0.2, 0.25) is 0 Å². The third-order valence-corrected chi connectivity index (χ3v) is 8.72. The van der Waals surface area contributed by atoms with Gasteiger partial charge in [0.1, 0.15) is 12.2 Å². The van der Waals surface area contributed by atoms with Gasteiger partial charge in [-0.25, -0.2) is 13.2 Å². The summed E-state index contributed by atoms with van der Waals surface area (Å²) in [6.45, 7) is 0.835. The molecule has 0 N–H and O–H groups in total. The van der Waals surface area contributed by atoms with Crippen molar-refractivity contribution in [1.82, 2.24) is 28.5 Å². The summed E-state index contributed by atoms with van der Waals surface area (Å²) < 4.78 is 35.6. The Morgan fingerprint density at radius 3 is 2.59 bits per heavy atom. The van der Waals surface area contributed by atoms with Gasteiger partial charge < -0.3 is 9.32 Å². The van der Waals surface area contributed by atoms with Crippen LogP contribution in [0.4, 0.5) is 0 Å². The van der Waals surface area contributed by atoms with Crippen LogP contribution in [0.25, 0.3) is 16.8 Å². The summed E-state index contributed by atoms with van der Waals surface area (Å²) >= 11 is 0. The Morgan fingerprint density at radius 2 is 1.86 bits per heavy atom. The fourth-order valence-electron chi connectivity index (χ4n) is 4.68. The van der Waals surface area contributed by atoms with Crippen molar-refractivity contribution in [2.75, 3.05) is 26.7 Å². The Bertz CT molecular complexity index is 1580. The highest BCUT2D eigenvalue weighted by Gasteiger charge is 2.29. The van der Waals surface area contributed by atoms with E-state index in [4.69, 9.17) is 4.42 Å². The molecule has 11 nitrogen and oxygen atoms in total. The standard InChI is InChI=1S/C25H28N6O5S/c1-28(37(34,35)20-8-9-21-22(15-20)36-25(33)29(21)2)16-24(32)30-12-10-18(11-13-30)14-23-27-26-17-31(23)19-6-4-3-5-7-19/h3-9,15,17-18H,10-14,16H2,1-2H3. The zero-order chi connectivity index (χ0) is 26.2. The highest BCUT2D eigenvalue weighted by Crippen LogP contribution is 2.24. The van der Waals surface area contributed by atoms with E-state index < -0.39 is 15.8 Å². The van der Waals surface area contributed by atoms with Crippen LogP contribution in [0.5, 0.6) is 0 Å². The third kappa shape index (κ3) is 4.94. The summed E-state index contributed by atoms with van der Waals surface area (Å²) in [6.07, 6.45) is 4.06. The van der Waals surface area contributed by atoms with Gasteiger partial charge >= 0.3 is 5.76 Å². The Labute approximate surface area is 214 Å². The van der Waals surface area contributed by atoms with Gasteiger partial charge in [-0.2, -0.15) is 4.31 Å². The summed E-state index contributed by atoms with van der Waals surface area (Å²) in [4.78, 5) is 26.3. The zero-order valence-electron chi connectivity index (χ0n) is 20.6. The van der Waals surface area contributed by atoms with Crippen molar-refractivity contribution < 1.29 is 17.6 Å². The molecule has 1 amide bonds. The topological polar surface area (TPSA) is 124 Å². The fourth-order valence-corrected chi connectivity index (χ4v) is 5.81. The minimum Gasteiger partial charge on any atom is -0.408 e. The zero-order valence-corrected chi connectivity index (χ0v) is 21.5. The lowest BCUT2D eigenvalue weighted by atomic mass is 9.93. The van der Waals surface area contributed by atoms with Crippen molar-refractivity contribution in [2.24, 2.45) is 13.0 Å². The van der Waals surface area contributed by atoms with Crippen LogP contribution < -0.4 is 5.76 Å². The average molecular weight is 525 g/mol. The summed E-state index contributed by atoms with van der Waals surface area (Å²) in [7, 11) is -1.02. The number of aromatic nitrogens is 4. The molecule has 0 radical (unpaired) electrons. The minimum absolute atomic E-state index is 0.0362. The molecule has 0 unspecified atom stereocenters. The number of piperidine rings is 1. The van der Waals surface area contributed by atoms with E-state index in [9.17, 15) is 18.0 Å². The monoisotopic (exact) mass is 524 g/mol. The first-order valence-electron chi connectivity index (χ1n) is 12.0. The van der Waals surface area contributed by atoms with Gasteiger partial charge in [0.15, 0.2) is 5.58 Å². The molecule has 0 bridgehead atoms. The highest BCUT2D eigenvalue weighted by atomic mass is 32.2. The van der Waals surface area contributed by atoms with Crippen LogP contribution >= 0.6 is 0 Å². The molecule has 1 fully saturated rings. The van der Waals surface area contributed by atoms with Gasteiger partial charge in [0.25, 0.3) is 0 Å². The predicted molar refractivity (Wildman–Crippen MR) is 136 cm³/mol. The number of nitrogens with zero attached hydrogens (tertiary/aromatic N) is 6. The van der Waals surface area contributed by atoms with Crippen LogP contribution in [-0.4, -0.2) is 69.5 Å². The minimum atomic E-state index is -3.95. The second-order valence-electron chi connectivity index (χ2n) is 9.30. The second kappa shape index (κ2) is 9.94. The van der Waals surface area contributed by atoms with Gasteiger partial charge in [-0.3, -0.25) is 13.9 Å². The molecule has 37 heavy (non-hydrogen) atoms. The number of likely N-dealkylation sites (N-methyl/N-ethyl adjacent to an activating group) is 1. The molecule has 2 aromatic heterocycles. The smallest absolute Gasteiger partial charge is 0.408 e. The van der Waals surface area contributed by atoms with Crippen molar-refractivity contribution in [3.05, 3.63) is 71.2 Å². The maximum absolute atomic E-state index is 13.1. The number of hydrogen-bond donors (Lipinski definition) is 0. The maximum atomic E-state index is 13.1. The number of fused-ring (bicyclic) bond motifs is 1. The molecule has 3 heterocycles. The SMILES string of the molecule is CN(CC(=O)N1CCC(Cc2nncn2-c2ccccc2)CC1)S(=O)(=O)c1ccc2c(c1)oc(=O)n2C. The average Bonchev–Trinajstić information content (AvgIpc) is 3.48. The maximum Gasteiger partial charge on any atom is 0.419 e. The number of amides is 1. The lowest BCUT2D eigenvalue weighted by Crippen LogP contribution is -2.44. The van der Waals surface area contributed by atoms with E-state index in [0.717, 1.165) is 35.1 Å². The lowest BCUT2D eigenvalue weighted by molar-refractivity contribution is -0.132. The van der Waals surface area contributed by atoms with Crippen LogP contribution in [0.1, 0.15) is 18.7 Å². The number of sulfonamides is 1. The first-order chi connectivity index (χ1) is 17.7. The van der Waals surface area contributed by atoms with E-state index in [2.05, 4.69) is 10.2 Å². The molecule has 5 rings (SSSR count). The third-order valence-electron chi connectivity index (χ3n) is 6.92. The predicted octanol–water partition coefficient (Wildman–Crippen LogP) is 1.81. The number of oxazole rings is 1. The molecule has 0 aliphatic carbocycles. The second-order valence-corrected chi connectivity index (χ2v) is 11.3. The Kier molecular flexibility index (Phi) is 6.69.